The fourth-order valence-electron chi connectivity index (χ4n) is 3.11. The number of para-hydroxylation sites is 1. The lowest BCUT2D eigenvalue weighted by Crippen LogP contribution is -2.34. The summed E-state index contributed by atoms with van der Waals surface area (Å²) < 4.78 is 1.85. The van der Waals surface area contributed by atoms with Crippen molar-refractivity contribution >= 4 is 29.3 Å². The smallest absolute Gasteiger partial charge is 0.238 e. The van der Waals surface area contributed by atoms with Gasteiger partial charge in [-0.3, -0.25) is 14.3 Å². The van der Waals surface area contributed by atoms with Crippen molar-refractivity contribution in [2.75, 3.05) is 5.32 Å². The summed E-state index contributed by atoms with van der Waals surface area (Å²) in [4.78, 5) is 25.7. The molecule has 1 aliphatic rings. The molecule has 3 aromatic rings. The first kappa shape index (κ1) is 18.3. The summed E-state index contributed by atoms with van der Waals surface area (Å²) in [6.45, 7) is 1.07. The van der Waals surface area contributed by atoms with E-state index in [0.29, 0.717) is 13.1 Å². The van der Waals surface area contributed by atoms with Crippen LogP contribution in [0.5, 0.6) is 0 Å². The van der Waals surface area contributed by atoms with Crippen molar-refractivity contribution in [3.63, 3.8) is 0 Å². The van der Waals surface area contributed by atoms with Crippen LogP contribution in [-0.2, 0) is 22.7 Å². The van der Waals surface area contributed by atoms with Crippen LogP contribution in [-0.4, -0.2) is 26.8 Å². The van der Waals surface area contributed by atoms with Gasteiger partial charge >= 0.3 is 0 Å². The number of nitrogens with zero attached hydrogens (tertiary/aromatic N) is 2. The van der Waals surface area contributed by atoms with E-state index in [2.05, 4.69) is 15.7 Å². The van der Waals surface area contributed by atoms with Gasteiger partial charge in [0.05, 0.1) is 17.5 Å². The second-order valence-corrected chi connectivity index (χ2v) is 7.79. The molecular formula is C21H20N4O2S. The molecule has 0 aliphatic carbocycles. The molecule has 0 saturated heterocycles. The fourth-order valence-corrected chi connectivity index (χ4v) is 4.22. The van der Waals surface area contributed by atoms with Gasteiger partial charge in [0.25, 0.3) is 0 Å². The van der Waals surface area contributed by atoms with Gasteiger partial charge in [0.1, 0.15) is 0 Å². The lowest BCUT2D eigenvalue weighted by atomic mass is 10.1. The van der Waals surface area contributed by atoms with Gasteiger partial charge in [-0.15, -0.1) is 11.8 Å². The predicted molar refractivity (Wildman–Crippen MR) is 109 cm³/mol. The zero-order valence-electron chi connectivity index (χ0n) is 15.2. The van der Waals surface area contributed by atoms with E-state index in [9.17, 15) is 9.59 Å². The molecule has 28 heavy (non-hydrogen) atoms. The van der Waals surface area contributed by atoms with E-state index >= 15 is 0 Å². The van der Waals surface area contributed by atoms with E-state index in [0.717, 1.165) is 21.7 Å². The van der Waals surface area contributed by atoms with Gasteiger partial charge in [-0.1, -0.05) is 36.4 Å². The topological polar surface area (TPSA) is 76.0 Å². The summed E-state index contributed by atoms with van der Waals surface area (Å²) in [7, 11) is 0. The molecule has 4 rings (SSSR count). The minimum Gasteiger partial charge on any atom is -0.352 e. The number of nitrogens with one attached hydrogen (secondary N) is 2. The quantitative estimate of drug-likeness (QED) is 0.676. The summed E-state index contributed by atoms with van der Waals surface area (Å²) in [5.74, 6) is -0.265. The van der Waals surface area contributed by atoms with Crippen molar-refractivity contribution in [2.24, 2.45) is 0 Å². The third kappa shape index (κ3) is 4.26. The molecule has 142 valence electrons. The van der Waals surface area contributed by atoms with Crippen LogP contribution in [0.3, 0.4) is 0 Å². The fraction of sp³-hybridized carbons (Fsp3) is 0.190. The largest absolute Gasteiger partial charge is 0.352 e. The first-order valence-electron chi connectivity index (χ1n) is 9.06. The second kappa shape index (κ2) is 8.31. The van der Waals surface area contributed by atoms with Crippen LogP contribution in [0, 0.1) is 0 Å². The Morgan fingerprint density at radius 2 is 1.89 bits per heavy atom. The number of carbonyl (C=O) groups is 2. The highest BCUT2D eigenvalue weighted by molar-refractivity contribution is 8.01. The first-order chi connectivity index (χ1) is 13.7. The molecular weight excluding hydrogens is 372 g/mol. The highest BCUT2D eigenvalue weighted by atomic mass is 32.2. The number of hydrogen-bond donors (Lipinski definition) is 2. The van der Waals surface area contributed by atoms with Gasteiger partial charge in [-0.25, -0.2) is 0 Å². The lowest BCUT2D eigenvalue weighted by molar-refractivity contribution is -0.124. The molecule has 0 radical (unpaired) electrons. The average molecular weight is 392 g/mol. The molecule has 2 amide bonds. The zero-order chi connectivity index (χ0) is 19.3. The second-order valence-electron chi connectivity index (χ2n) is 6.55. The van der Waals surface area contributed by atoms with Crippen LogP contribution in [0.1, 0.15) is 17.5 Å². The van der Waals surface area contributed by atoms with Gasteiger partial charge in [0, 0.05) is 30.3 Å². The molecule has 0 spiro atoms. The zero-order valence-corrected chi connectivity index (χ0v) is 16.0. The van der Waals surface area contributed by atoms with Gasteiger partial charge < -0.3 is 10.6 Å². The highest BCUT2D eigenvalue weighted by Crippen LogP contribution is 2.36. The molecule has 0 bridgehead atoms. The molecule has 1 aromatic heterocycles. The number of benzene rings is 2. The minimum absolute atomic E-state index is 0.127. The number of thioether (sulfide) groups is 1. The Bertz CT molecular complexity index is 988. The van der Waals surface area contributed by atoms with E-state index in [1.807, 2.05) is 65.5 Å². The number of amides is 2. The molecule has 1 unspecified atom stereocenters. The summed E-state index contributed by atoms with van der Waals surface area (Å²) >= 11 is 1.44. The van der Waals surface area contributed by atoms with Crippen molar-refractivity contribution in [1.29, 1.82) is 0 Å². The first-order valence-corrected chi connectivity index (χ1v) is 9.94. The van der Waals surface area contributed by atoms with Crippen LogP contribution < -0.4 is 10.6 Å². The number of anilines is 1. The Balaban J connectivity index is 1.36. The van der Waals surface area contributed by atoms with Crippen LogP contribution in [0.25, 0.3) is 0 Å². The van der Waals surface area contributed by atoms with E-state index in [1.165, 1.54) is 11.8 Å². The average Bonchev–Trinajstić information content (AvgIpc) is 3.21. The van der Waals surface area contributed by atoms with Crippen molar-refractivity contribution in [1.82, 2.24) is 15.1 Å². The van der Waals surface area contributed by atoms with Crippen LogP contribution in [0.4, 0.5) is 5.69 Å². The maximum Gasteiger partial charge on any atom is 0.238 e. The predicted octanol–water partition coefficient (Wildman–Crippen LogP) is 3.05. The Hall–Kier alpha value is -3.06. The Morgan fingerprint density at radius 1 is 1.11 bits per heavy atom. The number of fused-ring (bicyclic) bond motifs is 1. The van der Waals surface area contributed by atoms with E-state index in [1.54, 1.807) is 6.20 Å². The van der Waals surface area contributed by atoms with Crippen LogP contribution in [0.15, 0.2) is 71.9 Å². The molecule has 2 aromatic carbocycles. The summed E-state index contributed by atoms with van der Waals surface area (Å²) in [5, 5.41) is 9.63. The molecule has 2 N–H and O–H groups in total. The monoisotopic (exact) mass is 392 g/mol. The molecule has 2 heterocycles. The third-order valence-corrected chi connectivity index (χ3v) is 5.84. The molecule has 7 heteroatoms. The normalized spacial score (nSPS) is 15.6. The van der Waals surface area contributed by atoms with Gasteiger partial charge in [-0.2, -0.15) is 5.10 Å². The number of rotatable bonds is 6. The standard InChI is InChI=1S/C21H20N4O2S/c26-20(12-19-21(27)24-17-8-3-4-9-18(17)28-19)22-13-15-6-1-2-7-16(15)14-25-11-5-10-23-25/h1-11,19H,12-14H2,(H,22,26)(H,24,27). The number of hydrogen-bond acceptors (Lipinski definition) is 4. The van der Waals surface area contributed by atoms with Crippen molar-refractivity contribution in [2.45, 2.75) is 29.7 Å². The Kier molecular flexibility index (Phi) is 5.43. The van der Waals surface area contributed by atoms with Crippen molar-refractivity contribution in [3.05, 3.63) is 78.1 Å². The molecule has 0 saturated carbocycles. The van der Waals surface area contributed by atoms with Gasteiger partial charge in [-0.05, 0) is 29.3 Å². The number of carbonyl (C=O) groups excluding carboxylic acids is 2. The number of aromatic nitrogens is 2. The van der Waals surface area contributed by atoms with E-state index in [-0.39, 0.29) is 18.2 Å². The molecule has 1 aliphatic heterocycles. The summed E-state index contributed by atoms with van der Waals surface area (Å²) in [6.07, 6.45) is 3.80. The van der Waals surface area contributed by atoms with E-state index < -0.39 is 5.25 Å². The summed E-state index contributed by atoms with van der Waals surface area (Å²) in [5.41, 5.74) is 2.95. The minimum atomic E-state index is -0.422. The maximum atomic E-state index is 12.4. The van der Waals surface area contributed by atoms with Crippen LogP contribution in [0.2, 0.25) is 0 Å². The molecule has 1 atom stereocenters. The lowest BCUT2D eigenvalue weighted by Gasteiger charge is -2.23. The van der Waals surface area contributed by atoms with Gasteiger partial charge in [0.15, 0.2) is 0 Å². The van der Waals surface area contributed by atoms with Crippen molar-refractivity contribution < 1.29 is 9.59 Å². The summed E-state index contributed by atoms with van der Waals surface area (Å²) in [6, 6.07) is 17.5. The third-order valence-electron chi connectivity index (χ3n) is 4.56. The molecule has 6 nitrogen and oxygen atoms in total. The highest BCUT2D eigenvalue weighted by Gasteiger charge is 2.28. The maximum absolute atomic E-state index is 12.4. The SMILES string of the molecule is O=C(CC1Sc2ccccc2NC1=O)NCc1ccccc1Cn1cccn1. The van der Waals surface area contributed by atoms with Gasteiger partial charge in [0.2, 0.25) is 11.8 Å². The van der Waals surface area contributed by atoms with Crippen molar-refractivity contribution in [3.8, 4) is 0 Å². The van der Waals surface area contributed by atoms with Crippen LogP contribution >= 0.6 is 11.8 Å². The Morgan fingerprint density at radius 3 is 2.71 bits per heavy atom. The Labute approximate surface area is 167 Å². The molecule has 0 fully saturated rings. The van der Waals surface area contributed by atoms with E-state index in [4.69, 9.17) is 0 Å².